The van der Waals surface area contributed by atoms with Gasteiger partial charge in [0.25, 0.3) is 0 Å². The zero-order valence-corrected chi connectivity index (χ0v) is 40.9. The van der Waals surface area contributed by atoms with Gasteiger partial charge in [0.05, 0.1) is 19.8 Å². The summed E-state index contributed by atoms with van der Waals surface area (Å²) in [5, 5.41) is 0. The quantitative estimate of drug-likeness (QED) is 0.0269. The molecule has 0 saturated carbocycles. The van der Waals surface area contributed by atoms with E-state index in [1.54, 1.807) is 0 Å². The number of phosphoric ester groups is 1. The van der Waals surface area contributed by atoms with Crippen LogP contribution in [0, 0.1) is 0 Å². The molecule has 0 aromatic rings. The highest BCUT2D eigenvalue weighted by atomic mass is 31.2. The summed E-state index contributed by atoms with van der Waals surface area (Å²) in [6.07, 6.45) is 55.3. The standard InChI is InChI=1S/C51H102NO7P/c1-3-5-7-9-11-13-15-17-19-21-23-24-25-27-29-31-33-35-37-39-41-43-46-56-48-50(49-58-60(54,55)57-47-45-52)59-51(53)44-42-40-38-36-34-32-30-28-26-22-20-18-16-14-12-10-8-6-4-2/h18,20,50H,3-17,19,21-49,52H2,1-2H3,(H,54,55)/b20-18-. The van der Waals surface area contributed by atoms with Crippen molar-refractivity contribution < 1.29 is 32.8 Å². The van der Waals surface area contributed by atoms with Gasteiger partial charge in [0.1, 0.15) is 6.10 Å². The van der Waals surface area contributed by atoms with Gasteiger partial charge < -0.3 is 20.1 Å². The van der Waals surface area contributed by atoms with Gasteiger partial charge in [-0.1, -0.05) is 238 Å². The number of ether oxygens (including phenoxy) is 2. The highest BCUT2D eigenvalue weighted by Gasteiger charge is 2.25. The fourth-order valence-electron chi connectivity index (χ4n) is 7.82. The highest BCUT2D eigenvalue weighted by molar-refractivity contribution is 7.47. The van der Waals surface area contributed by atoms with Gasteiger partial charge in [-0.25, -0.2) is 4.57 Å². The predicted octanol–water partition coefficient (Wildman–Crippen LogP) is 16.2. The Labute approximate surface area is 373 Å². The molecule has 8 nitrogen and oxygen atoms in total. The second kappa shape index (κ2) is 49.3. The predicted molar refractivity (Wildman–Crippen MR) is 257 cm³/mol. The third-order valence-electron chi connectivity index (χ3n) is 11.7. The lowest BCUT2D eigenvalue weighted by atomic mass is 10.0. The summed E-state index contributed by atoms with van der Waals surface area (Å²) in [5.74, 6) is -0.326. The van der Waals surface area contributed by atoms with E-state index in [9.17, 15) is 14.3 Å². The summed E-state index contributed by atoms with van der Waals surface area (Å²) in [7, 11) is -4.28. The minimum atomic E-state index is -4.28. The zero-order chi connectivity index (χ0) is 43.7. The van der Waals surface area contributed by atoms with Gasteiger partial charge >= 0.3 is 13.8 Å². The summed E-state index contributed by atoms with van der Waals surface area (Å²) in [6.45, 7) is 4.99. The van der Waals surface area contributed by atoms with E-state index < -0.39 is 13.9 Å². The average Bonchev–Trinajstić information content (AvgIpc) is 3.24. The molecular formula is C51H102NO7P. The lowest BCUT2D eigenvalue weighted by Crippen LogP contribution is -2.28. The van der Waals surface area contributed by atoms with Crippen molar-refractivity contribution in [3.8, 4) is 0 Å². The molecule has 0 saturated heterocycles. The molecule has 2 unspecified atom stereocenters. The van der Waals surface area contributed by atoms with Crippen molar-refractivity contribution >= 4 is 13.8 Å². The van der Waals surface area contributed by atoms with Gasteiger partial charge in [0.15, 0.2) is 0 Å². The average molecular weight is 872 g/mol. The lowest BCUT2D eigenvalue weighted by Gasteiger charge is -2.20. The van der Waals surface area contributed by atoms with Crippen molar-refractivity contribution in [2.45, 2.75) is 277 Å². The molecule has 0 spiro atoms. The Morgan fingerprint density at radius 2 is 0.833 bits per heavy atom. The molecule has 0 fully saturated rings. The van der Waals surface area contributed by atoms with Crippen molar-refractivity contribution in [2.75, 3.05) is 33.0 Å². The molecule has 0 aromatic carbocycles. The Kier molecular flexibility index (Phi) is 48.6. The maximum atomic E-state index is 12.7. The Morgan fingerprint density at radius 1 is 0.483 bits per heavy atom. The molecule has 0 aliphatic rings. The summed E-state index contributed by atoms with van der Waals surface area (Å²) in [6, 6.07) is 0. The van der Waals surface area contributed by atoms with Gasteiger partial charge in [0, 0.05) is 19.6 Å². The number of nitrogens with two attached hydrogens (primary N) is 1. The summed E-state index contributed by atoms with van der Waals surface area (Å²) < 4.78 is 33.6. The van der Waals surface area contributed by atoms with E-state index >= 15 is 0 Å². The largest absolute Gasteiger partial charge is 0.472 e. The molecule has 358 valence electrons. The van der Waals surface area contributed by atoms with Crippen molar-refractivity contribution in [3.63, 3.8) is 0 Å². The number of esters is 1. The number of carbonyl (C=O) groups excluding carboxylic acids is 1. The first-order valence-electron chi connectivity index (χ1n) is 26.2. The fourth-order valence-corrected chi connectivity index (χ4v) is 8.58. The molecule has 0 rings (SSSR count). The molecule has 3 N–H and O–H groups in total. The number of allylic oxidation sites excluding steroid dienone is 2. The molecule has 9 heteroatoms. The Hall–Kier alpha value is -0.760. The topological polar surface area (TPSA) is 117 Å². The van der Waals surface area contributed by atoms with Gasteiger partial charge in [0.2, 0.25) is 0 Å². The maximum absolute atomic E-state index is 12.7. The van der Waals surface area contributed by atoms with E-state index in [4.69, 9.17) is 24.3 Å². The zero-order valence-electron chi connectivity index (χ0n) is 40.0. The van der Waals surface area contributed by atoms with Crippen LogP contribution in [0.15, 0.2) is 12.2 Å². The Balaban J connectivity index is 3.88. The van der Waals surface area contributed by atoms with E-state index in [0.717, 1.165) is 32.1 Å². The molecule has 60 heavy (non-hydrogen) atoms. The first-order chi connectivity index (χ1) is 29.4. The molecular weight excluding hydrogens is 770 g/mol. The van der Waals surface area contributed by atoms with Crippen molar-refractivity contribution in [1.29, 1.82) is 0 Å². The molecule has 0 heterocycles. The molecule has 0 aliphatic carbocycles. The number of hydrogen-bond acceptors (Lipinski definition) is 7. The van der Waals surface area contributed by atoms with Crippen LogP contribution in [0.25, 0.3) is 0 Å². The monoisotopic (exact) mass is 872 g/mol. The van der Waals surface area contributed by atoms with Crippen LogP contribution in [0.1, 0.15) is 271 Å². The van der Waals surface area contributed by atoms with Crippen LogP contribution in [0.2, 0.25) is 0 Å². The summed E-state index contributed by atoms with van der Waals surface area (Å²) in [5.41, 5.74) is 5.39. The van der Waals surface area contributed by atoms with Crippen LogP contribution >= 0.6 is 7.82 Å². The summed E-state index contributed by atoms with van der Waals surface area (Å²) in [4.78, 5) is 22.6. The summed E-state index contributed by atoms with van der Waals surface area (Å²) >= 11 is 0. The molecule has 0 radical (unpaired) electrons. The normalized spacial score (nSPS) is 13.3. The van der Waals surface area contributed by atoms with Crippen LogP contribution in [-0.2, 0) is 27.9 Å². The smallest absolute Gasteiger partial charge is 0.457 e. The van der Waals surface area contributed by atoms with Gasteiger partial charge in [-0.05, 0) is 38.5 Å². The maximum Gasteiger partial charge on any atom is 0.472 e. The first kappa shape index (κ1) is 59.2. The highest BCUT2D eigenvalue weighted by Crippen LogP contribution is 2.43. The fraction of sp³-hybridized carbons (Fsp3) is 0.941. The first-order valence-corrected chi connectivity index (χ1v) is 27.7. The number of rotatable bonds is 51. The van der Waals surface area contributed by atoms with E-state index in [0.29, 0.717) is 13.0 Å². The van der Waals surface area contributed by atoms with Crippen LogP contribution in [0.4, 0.5) is 0 Å². The third-order valence-corrected chi connectivity index (χ3v) is 12.7. The van der Waals surface area contributed by atoms with Crippen LogP contribution in [-0.4, -0.2) is 49.9 Å². The Morgan fingerprint density at radius 3 is 1.22 bits per heavy atom. The van der Waals surface area contributed by atoms with E-state index in [2.05, 4.69) is 26.0 Å². The van der Waals surface area contributed by atoms with Crippen LogP contribution in [0.3, 0.4) is 0 Å². The third kappa shape index (κ3) is 48.3. The molecule has 2 atom stereocenters. The van der Waals surface area contributed by atoms with Crippen LogP contribution < -0.4 is 5.73 Å². The lowest BCUT2D eigenvalue weighted by molar-refractivity contribution is -0.154. The minimum absolute atomic E-state index is 0.0920. The van der Waals surface area contributed by atoms with E-state index in [1.165, 1.54) is 218 Å². The van der Waals surface area contributed by atoms with Crippen molar-refractivity contribution in [3.05, 3.63) is 12.2 Å². The second-order valence-electron chi connectivity index (χ2n) is 17.7. The number of phosphoric acid groups is 1. The second-order valence-corrected chi connectivity index (χ2v) is 19.2. The minimum Gasteiger partial charge on any atom is -0.457 e. The molecule has 0 aromatic heterocycles. The van der Waals surface area contributed by atoms with Gasteiger partial charge in [-0.2, -0.15) is 0 Å². The molecule has 0 aliphatic heterocycles. The number of carbonyl (C=O) groups is 1. The molecule has 0 amide bonds. The van der Waals surface area contributed by atoms with Gasteiger partial charge in [-0.3, -0.25) is 13.8 Å². The van der Waals surface area contributed by atoms with E-state index in [1.807, 2.05) is 0 Å². The van der Waals surface area contributed by atoms with Gasteiger partial charge in [-0.15, -0.1) is 0 Å². The Bertz CT molecular complexity index is 935. The number of hydrogen-bond donors (Lipinski definition) is 2. The molecule has 0 bridgehead atoms. The van der Waals surface area contributed by atoms with Crippen molar-refractivity contribution in [1.82, 2.24) is 0 Å². The van der Waals surface area contributed by atoms with Crippen LogP contribution in [0.5, 0.6) is 0 Å². The SMILES string of the molecule is CCCCCCCC/C=C\CCCCCCCCCCCC(=O)OC(COCCCCCCCCCCCCCCCCCCCCCCCC)COP(=O)(O)OCCN. The van der Waals surface area contributed by atoms with E-state index in [-0.39, 0.29) is 32.3 Å². The number of unbranched alkanes of at least 4 members (excludes halogenated alkanes) is 36. The van der Waals surface area contributed by atoms with Crippen molar-refractivity contribution in [2.24, 2.45) is 5.73 Å².